The van der Waals surface area contributed by atoms with Gasteiger partial charge in [0.15, 0.2) is 23.0 Å². The van der Waals surface area contributed by atoms with Crippen LogP contribution < -0.4 is 30.0 Å². The zero-order valence-corrected chi connectivity index (χ0v) is 29.5. The maximum absolute atomic E-state index is 14.1. The fourth-order valence-corrected chi connectivity index (χ4v) is 6.18. The number of nitrogens with one attached hydrogen (secondary N) is 1. The molecule has 11 nitrogen and oxygen atoms in total. The molecular formula is C39H34F6N4O7. The van der Waals surface area contributed by atoms with Gasteiger partial charge >= 0.3 is 12.4 Å². The van der Waals surface area contributed by atoms with Crippen LogP contribution in [0.2, 0.25) is 0 Å². The van der Waals surface area contributed by atoms with E-state index in [0.717, 1.165) is 0 Å². The molecule has 0 unspecified atom stereocenters. The minimum Gasteiger partial charge on any atom is -0.454 e. The molecule has 0 aliphatic carbocycles. The van der Waals surface area contributed by atoms with Gasteiger partial charge in [0.05, 0.1) is 48.9 Å². The van der Waals surface area contributed by atoms with Crippen molar-refractivity contribution in [3.05, 3.63) is 101 Å². The molecule has 0 radical (unpaired) electrons. The summed E-state index contributed by atoms with van der Waals surface area (Å²) in [6, 6.07) is 17.7. The normalized spacial score (nSPS) is 13.3. The summed E-state index contributed by atoms with van der Waals surface area (Å²) in [5.41, 5.74) is 4.34. The lowest BCUT2D eigenvalue weighted by Gasteiger charge is -2.17. The van der Waals surface area contributed by atoms with Crippen molar-refractivity contribution in [3.63, 3.8) is 0 Å². The molecule has 2 aliphatic rings. The first-order valence-corrected chi connectivity index (χ1v) is 17.3. The van der Waals surface area contributed by atoms with Crippen LogP contribution in [0.1, 0.15) is 27.0 Å². The van der Waals surface area contributed by atoms with Crippen LogP contribution in [0.25, 0.3) is 33.9 Å². The number of nitrogens with two attached hydrogens (primary N) is 1. The van der Waals surface area contributed by atoms with Gasteiger partial charge in [-0.25, -0.2) is 4.98 Å². The minimum absolute atomic E-state index is 0.0369. The van der Waals surface area contributed by atoms with Crippen molar-refractivity contribution in [3.8, 4) is 56.9 Å². The third-order valence-corrected chi connectivity index (χ3v) is 8.83. The lowest BCUT2D eigenvalue weighted by molar-refractivity contribution is -0.143. The molecule has 294 valence electrons. The van der Waals surface area contributed by atoms with Gasteiger partial charge in [-0.3, -0.25) is 4.79 Å². The number of carbonyl (C=O) groups is 1. The van der Waals surface area contributed by atoms with Crippen LogP contribution in [0.5, 0.6) is 23.0 Å². The Hall–Kier alpha value is -5.78. The number of amides is 1. The van der Waals surface area contributed by atoms with Crippen LogP contribution in [0.4, 0.5) is 26.3 Å². The molecule has 7 rings (SSSR count). The van der Waals surface area contributed by atoms with Crippen LogP contribution in [-0.2, 0) is 28.4 Å². The molecule has 56 heavy (non-hydrogen) atoms. The first-order valence-electron chi connectivity index (χ1n) is 17.3. The Morgan fingerprint density at radius 3 is 1.88 bits per heavy atom. The molecule has 3 heterocycles. The Morgan fingerprint density at radius 2 is 1.27 bits per heavy atom. The Labute approximate surface area is 315 Å². The van der Waals surface area contributed by atoms with E-state index in [1.54, 1.807) is 60.7 Å². The van der Waals surface area contributed by atoms with Crippen molar-refractivity contribution in [1.29, 1.82) is 0 Å². The smallest absolute Gasteiger partial charge is 0.416 e. The molecule has 1 aromatic heterocycles. The first-order chi connectivity index (χ1) is 26.9. The number of ether oxygens (including phenoxy) is 6. The molecule has 2 aliphatic heterocycles. The van der Waals surface area contributed by atoms with E-state index in [2.05, 4.69) is 5.32 Å². The number of fused-ring (bicyclic) bond motifs is 2. The van der Waals surface area contributed by atoms with Crippen molar-refractivity contribution < 1.29 is 59.6 Å². The molecule has 0 atom stereocenters. The zero-order valence-electron chi connectivity index (χ0n) is 29.5. The summed E-state index contributed by atoms with van der Waals surface area (Å²) in [4.78, 5) is 17.7. The van der Waals surface area contributed by atoms with Crippen LogP contribution in [0, 0.1) is 0 Å². The van der Waals surface area contributed by atoms with Gasteiger partial charge < -0.3 is 44.0 Å². The van der Waals surface area contributed by atoms with Gasteiger partial charge in [-0.1, -0.05) is 12.1 Å². The zero-order chi connectivity index (χ0) is 39.5. The highest BCUT2D eigenvalue weighted by Gasteiger charge is 2.38. The lowest BCUT2D eigenvalue weighted by Crippen LogP contribution is -2.27. The van der Waals surface area contributed by atoms with Crippen molar-refractivity contribution in [2.45, 2.75) is 18.9 Å². The third-order valence-electron chi connectivity index (χ3n) is 8.83. The monoisotopic (exact) mass is 784 g/mol. The minimum atomic E-state index is -5.10. The number of aromatic nitrogens is 2. The summed E-state index contributed by atoms with van der Waals surface area (Å²) in [6.07, 6.45) is -10.2. The summed E-state index contributed by atoms with van der Waals surface area (Å²) in [5, 5.41) is 2.76. The van der Waals surface area contributed by atoms with Crippen molar-refractivity contribution in [2.75, 3.05) is 53.1 Å². The number of imidazole rings is 1. The number of benzene rings is 4. The quantitative estimate of drug-likeness (QED) is 0.0892. The molecule has 3 N–H and O–H groups in total. The van der Waals surface area contributed by atoms with Crippen LogP contribution in [0.15, 0.2) is 78.9 Å². The first kappa shape index (κ1) is 38.5. The maximum atomic E-state index is 14.1. The molecule has 17 heteroatoms. The molecule has 0 saturated heterocycles. The van der Waals surface area contributed by atoms with E-state index in [1.165, 1.54) is 4.57 Å². The highest BCUT2D eigenvalue weighted by atomic mass is 19.4. The van der Waals surface area contributed by atoms with E-state index in [4.69, 9.17) is 39.1 Å². The van der Waals surface area contributed by atoms with E-state index in [9.17, 15) is 31.1 Å². The van der Waals surface area contributed by atoms with Gasteiger partial charge in [-0.05, 0) is 72.3 Å². The molecule has 0 spiro atoms. The van der Waals surface area contributed by atoms with Crippen molar-refractivity contribution in [1.82, 2.24) is 14.9 Å². The van der Waals surface area contributed by atoms with E-state index in [-0.39, 0.29) is 56.8 Å². The van der Waals surface area contributed by atoms with E-state index >= 15 is 0 Å². The van der Waals surface area contributed by atoms with E-state index in [1.807, 2.05) is 0 Å². The predicted octanol–water partition coefficient (Wildman–Crippen LogP) is 7.15. The largest absolute Gasteiger partial charge is 0.454 e. The number of halogens is 6. The van der Waals surface area contributed by atoms with Crippen molar-refractivity contribution >= 4 is 5.91 Å². The van der Waals surface area contributed by atoms with Crippen molar-refractivity contribution in [2.24, 2.45) is 5.73 Å². The maximum Gasteiger partial charge on any atom is 0.416 e. The van der Waals surface area contributed by atoms with Gasteiger partial charge in [-0.15, -0.1) is 0 Å². The fraction of sp³-hybridized carbons (Fsp3) is 0.282. The Bertz CT molecular complexity index is 2170. The molecular weight excluding hydrogens is 750 g/mol. The van der Waals surface area contributed by atoms with E-state index in [0.29, 0.717) is 89.4 Å². The highest BCUT2D eigenvalue weighted by molar-refractivity contribution is 5.94. The van der Waals surface area contributed by atoms with Crippen LogP contribution >= 0.6 is 0 Å². The molecule has 4 aromatic carbocycles. The topological polar surface area (TPSA) is 128 Å². The second-order valence-corrected chi connectivity index (χ2v) is 12.6. The average Bonchev–Trinajstić information content (AvgIpc) is 3.93. The van der Waals surface area contributed by atoms with Gasteiger partial charge in [0.1, 0.15) is 5.82 Å². The Morgan fingerprint density at radius 1 is 0.696 bits per heavy atom. The SMILES string of the molecule is NCCOCCOCCNC(=O)c1ccc(Cn2c(-c3cc(C(F)(F)F)cc(C(F)(F)F)c3)nc(-c3ccc4c(c3)OCO4)c2-c2ccc3c(c2)OCO3)cc1. The number of carbonyl (C=O) groups excluding carboxylic acids is 1. The summed E-state index contributed by atoms with van der Waals surface area (Å²) in [5.74, 6) is 1.11. The predicted molar refractivity (Wildman–Crippen MR) is 189 cm³/mol. The summed E-state index contributed by atoms with van der Waals surface area (Å²) in [6.45, 7) is 1.85. The van der Waals surface area contributed by atoms with Gasteiger partial charge in [0.25, 0.3) is 5.91 Å². The summed E-state index contributed by atoms with van der Waals surface area (Å²) >= 11 is 0. The molecule has 0 saturated carbocycles. The molecule has 0 bridgehead atoms. The number of rotatable bonds is 14. The number of hydrogen-bond acceptors (Lipinski definition) is 9. The fourth-order valence-electron chi connectivity index (χ4n) is 6.18. The second-order valence-electron chi connectivity index (χ2n) is 12.6. The number of nitrogens with zero attached hydrogens (tertiary/aromatic N) is 2. The second kappa shape index (κ2) is 16.1. The Kier molecular flexibility index (Phi) is 11.1. The third kappa shape index (κ3) is 8.54. The van der Waals surface area contributed by atoms with Crippen LogP contribution in [-0.4, -0.2) is 68.6 Å². The van der Waals surface area contributed by atoms with Crippen LogP contribution in [0.3, 0.4) is 0 Å². The molecule has 0 fully saturated rings. The molecule has 1 amide bonds. The highest BCUT2D eigenvalue weighted by Crippen LogP contribution is 2.45. The molecule has 5 aromatic rings. The van der Waals surface area contributed by atoms with Gasteiger partial charge in [-0.2, -0.15) is 26.3 Å². The van der Waals surface area contributed by atoms with Gasteiger partial charge in [0.2, 0.25) is 13.6 Å². The lowest BCUT2D eigenvalue weighted by atomic mass is 10.0. The number of hydrogen-bond donors (Lipinski definition) is 2. The van der Waals surface area contributed by atoms with Gasteiger partial charge in [0, 0.05) is 41.9 Å². The summed E-state index contributed by atoms with van der Waals surface area (Å²) < 4.78 is 119. The number of alkyl halides is 6. The Balaban J connectivity index is 1.30. The summed E-state index contributed by atoms with van der Waals surface area (Å²) in [7, 11) is 0. The standard InChI is InChI=1S/C39H34F6N4O7/c40-38(41,42)28-15-27(16-29(19-28)39(43,44)45)36-48-34(25-5-7-30-32(17-25)55-21-53-30)35(26-6-8-31-33(18-26)56-22-54-31)49(36)20-23-1-3-24(4-2-23)37(50)47-10-12-52-14-13-51-11-9-46/h1-8,15-19H,9-14,20-22,46H2,(H,47,50). The average molecular weight is 785 g/mol. The van der Waals surface area contributed by atoms with E-state index < -0.39 is 29.0 Å².